The molecule has 0 amide bonds. The molecular formula is C15H13ClS. The summed E-state index contributed by atoms with van der Waals surface area (Å²) in [6.45, 7) is 2.12. The van der Waals surface area contributed by atoms with Gasteiger partial charge in [0, 0.05) is 9.92 Å². The maximum absolute atomic E-state index is 5.85. The Labute approximate surface area is 111 Å². The Bertz CT molecular complexity index is 500. The van der Waals surface area contributed by atoms with Crippen molar-refractivity contribution in [1.29, 1.82) is 0 Å². The van der Waals surface area contributed by atoms with Gasteiger partial charge in [-0.3, -0.25) is 0 Å². The fourth-order valence-corrected chi connectivity index (χ4v) is 2.48. The monoisotopic (exact) mass is 260 g/mol. The van der Waals surface area contributed by atoms with E-state index in [-0.39, 0.29) is 0 Å². The number of rotatable bonds is 3. The second-order valence-corrected chi connectivity index (χ2v) is 5.48. The van der Waals surface area contributed by atoms with Crippen molar-refractivity contribution in [2.45, 2.75) is 11.8 Å². The molecule has 0 spiro atoms. The van der Waals surface area contributed by atoms with Gasteiger partial charge in [0.05, 0.1) is 0 Å². The Morgan fingerprint density at radius 1 is 1.00 bits per heavy atom. The lowest BCUT2D eigenvalue weighted by Gasteiger charge is -2.01. The average molecular weight is 261 g/mol. The van der Waals surface area contributed by atoms with Crippen LogP contribution >= 0.6 is 23.4 Å². The molecule has 2 aromatic carbocycles. The van der Waals surface area contributed by atoms with E-state index in [0.29, 0.717) is 0 Å². The third-order valence-corrected chi connectivity index (χ3v) is 3.46. The number of hydrogen-bond acceptors (Lipinski definition) is 1. The summed E-state index contributed by atoms with van der Waals surface area (Å²) >= 11 is 7.62. The molecule has 0 aliphatic rings. The van der Waals surface area contributed by atoms with E-state index in [4.69, 9.17) is 11.6 Å². The zero-order chi connectivity index (χ0) is 12.1. The molecule has 0 saturated carbocycles. The number of thioether (sulfide) groups is 1. The van der Waals surface area contributed by atoms with Gasteiger partial charge in [-0.25, -0.2) is 0 Å². The first kappa shape index (κ1) is 12.3. The summed E-state index contributed by atoms with van der Waals surface area (Å²) in [5.41, 5.74) is 1.18. The van der Waals surface area contributed by atoms with E-state index >= 15 is 0 Å². The zero-order valence-corrected chi connectivity index (χ0v) is 11.1. The molecular weight excluding hydrogens is 248 g/mol. The van der Waals surface area contributed by atoms with Gasteiger partial charge >= 0.3 is 0 Å². The van der Waals surface area contributed by atoms with Gasteiger partial charge in [0.2, 0.25) is 0 Å². The molecule has 0 heterocycles. The summed E-state index contributed by atoms with van der Waals surface area (Å²) in [6, 6.07) is 18.2. The maximum atomic E-state index is 5.85. The summed E-state index contributed by atoms with van der Waals surface area (Å²) < 4.78 is 0. The molecule has 0 aliphatic heterocycles. The topological polar surface area (TPSA) is 0 Å². The van der Waals surface area contributed by atoms with Crippen LogP contribution in [0.2, 0.25) is 5.02 Å². The molecule has 0 N–H and O–H groups in total. The molecule has 0 radical (unpaired) electrons. The lowest BCUT2D eigenvalue weighted by Crippen LogP contribution is -1.74. The first-order valence-corrected chi connectivity index (χ1v) is 6.60. The van der Waals surface area contributed by atoms with Gasteiger partial charge in [-0.1, -0.05) is 53.7 Å². The third kappa shape index (κ3) is 3.95. The van der Waals surface area contributed by atoms with E-state index in [9.17, 15) is 0 Å². The highest BCUT2D eigenvalue weighted by Crippen LogP contribution is 2.27. The van der Waals surface area contributed by atoms with Crippen LogP contribution < -0.4 is 0 Å². The molecule has 86 valence electrons. The average Bonchev–Trinajstić information content (AvgIpc) is 2.33. The van der Waals surface area contributed by atoms with Crippen LogP contribution in [0, 0.1) is 0 Å². The predicted octanol–water partition coefficient (Wildman–Crippen LogP) is 5.49. The lowest BCUT2D eigenvalue weighted by molar-refractivity contribution is 1.46. The SMILES string of the molecule is C/C(=C\c1ccc(Cl)cc1)Sc1ccccc1. The summed E-state index contributed by atoms with van der Waals surface area (Å²) in [4.78, 5) is 2.52. The number of allylic oxidation sites excluding steroid dienone is 1. The van der Waals surface area contributed by atoms with Crippen molar-refractivity contribution in [2.75, 3.05) is 0 Å². The minimum absolute atomic E-state index is 0.774. The first-order valence-electron chi connectivity index (χ1n) is 5.41. The zero-order valence-electron chi connectivity index (χ0n) is 9.56. The summed E-state index contributed by atoms with van der Waals surface area (Å²) in [5, 5.41) is 0.774. The van der Waals surface area contributed by atoms with Crippen molar-refractivity contribution in [2.24, 2.45) is 0 Å². The van der Waals surface area contributed by atoms with E-state index in [1.54, 1.807) is 11.8 Å². The van der Waals surface area contributed by atoms with E-state index in [0.717, 1.165) is 5.02 Å². The van der Waals surface area contributed by atoms with Gasteiger partial charge in [-0.2, -0.15) is 0 Å². The van der Waals surface area contributed by atoms with Gasteiger partial charge in [-0.15, -0.1) is 0 Å². The quantitative estimate of drug-likeness (QED) is 0.657. The Hall–Kier alpha value is -1.18. The smallest absolute Gasteiger partial charge is 0.0406 e. The maximum Gasteiger partial charge on any atom is 0.0406 e. The highest BCUT2D eigenvalue weighted by atomic mass is 35.5. The van der Waals surface area contributed by atoms with Crippen LogP contribution in [0.25, 0.3) is 6.08 Å². The van der Waals surface area contributed by atoms with Gasteiger partial charge in [0.1, 0.15) is 0 Å². The first-order chi connectivity index (χ1) is 8.24. The molecule has 0 aliphatic carbocycles. The third-order valence-electron chi connectivity index (χ3n) is 2.26. The molecule has 0 atom stereocenters. The Balaban J connectivity index is 2.09. The minimum Gasteiger partial charge on any atom is -0.0948 e. The van der Waals surface area contributed by atoms with E-state index in [1.165, 1.54) is 15.4 Å². The number of hydrogen-bond donors (Lipinski definition) is 0. The van der Waals surface area contributed by atoms with E-state index in [1.807, 2.05) is 30.3 Å². The van der Waals surface area contributed by atoms with Crippen molar-refractivity contribution < 1.29 is 0 Å². The Kier molecular flexibility index (Phi) is 4.29. The molecule has 0 bridgehead atoms. The molecule has 2 aromatic rings. The van der Waals surface area contributed by atoms with E-state index in [2.05, 4.69) is 37.3 Å². The van der Waals surface area contributed by atoms with Crippen LogP contribution in [0.1, 0.15) is 12.5 Å². The van der Waals surface area contributed by atoms with Crippen molar-refractivity contribution >= 4 is 29.4 Å². The van der Waals surface area contributed by atoms with Crippen molar-refractivity contribution in [3.05, 3.63) is 70.1 Å². The molecule has 2 rings (SSSR count). The summed E-state index contributed by atoms with van der Waals surface area (Å²) in [5.74, 6) is 0. The fraction of sp³-hybridized carbons (Fsp3) is 0.0667. The molecule has 0 saturated heterocycles. The predicted molar refractivity (Wildman–Crippen MR) is 77.4 cm³/mol. The molecule has 0 aromatic heterocycles. The second-order valence-electron chi connectivity index (χ2n) is 3.72. The van der Waals surface area contributed by atoms with Crippen LogP contribution in [0.5, 0.6) is 0 Å². The van der Waals surface area contributed by atoms with Gasteiger partial charge in [0.15, 0.2) is 0 Å². The standard InChI is InChI=1S/C15H13ClS/c1-12(17-15-5-3-2-4-6-15)11-13-7-9-14(16)10-8-13/h2-11H,1H3/b12-11+. The van der Waals surface area contributed by atoms with E-state index < -0.39 is 0 Å². The lowest BCUT2D eigenvalue weighted by atomic mass is 10.2. The number of halogens is 1. The van der Waals surface area contributed by atoms with Crippen molar-refractivity contribution in [3.8, 4) is 0 Å². The fourth-order valence-electron chi connectivity index (χ4n) is 1.50. The molecule has 0 nitrogen and oxygen atoms in total. The summed E-state index contributed by atoms with van der Waals surface area (Å²) in [7, 11) is 0. The molecule has 2 heteroatoms. The molecule has 17 heavy (non-hydrogen) atoms. The summed E-state index contributed by atoms with van der Waals surface area (Å²) in [6.07, 6.45) is 2.16. The van der Waals surface area contributed by atoms with Crippen molar-refractivity contribution in [1.82, 2.24) is 0 Å². The number of benzene rings is 2. The van der Waals surface area contributed by atoms with Crippen LogP contribution in [0.3, 0.4) is 0 Å². The normalized spacial score (nSPS) is 11.5. The van der Waals surface area contributed by atoms with Crippen LogP contribution in [0.15, 0.2) is 64.4 Å². The van der Waals surface area contributed by atoms with Crippen LogP contribution in [-0.4, -0.2) is 0 Å². The van der Waals surface area contributed by atoms with Crippen LogP contribution in [-0.2, 0) is 0 Å². The molecule has 0 unspecified atom stereocenters. The van der Waals surface area contributed by atoms with Crippen LogP contribution in [0.4, 0.5) is 0 Å². The largest absolute Gasteiger partial charge is 0.0948 e. The minimum atomic E-state index is 0.774. The van der Waals surface area contributed by atoms with Crippen molar-refractivity contribution in [3.63, 3.8) is 0 Å². The Morgan fingerprint density at radius 2 is 1.65 bits per heavy atom. The second kappa shape index (κ2) is 5.95. The van der Waals surface area contributed by atoms with Gasteiger partial charge < -0.3 is 0 Å². The van der Waals surface area contributed by atoms with Gasteiger partial charge in [-0.05, 0) is 47.7 Å². The van der Waals surface area contributed by atoms with Gasteiger partial charge in [0.25, 0.3) is 0 Å². The Morgan fingerprint density at radius 3 is 2.29 bits per heavy atom. The molecule has 0 fully saturated rings. The highest BCUT2D eigenvalue weighted by molar-refractivity contribution is 8.03. The highest BCUT2D eigenvalue weighted by Gasteiger charge is 1.95.